The normalized spacial score (nSPS) is 15.2. The average molecular weight is 327 g/mol. The Labute approximate surface area is 122 Å². The van der Waals surface area contributed by atoms with Gasteiger partial charge in [-0.1, -0.05) is 61.0 Å². The molecule has 3 heteroatoms. The van der Waals surface area contributed by atoms with Crippen LogP contribution in [0.4, 0.5) is 0 Å². The van der Waals surface area contributed by atoms with Gasteiger partial charge in [0.2, 0.25) is 10.5 Å². The van der Waals surface area contributed by atoms with E-state index in [0.29, 0.717) is 10.5 Å². The Morgan fingerprint density at radius 2 is 1.83 bits per heavy atom. The summed E-state index contributed by atoms with van der Waals surface area (Å²) in [6, 6.07) is 6.49. The van der Waals surface area contributed by atoms with Crippen molar-refractivity contribution in [1.29, 1.82) is 0 Å². The van der Waals surface area contributed by atoms with Crippen molar-refractivity contribution in [2.45, 2.75) is 44.4 Å². The molecule has 0 saturated heterocycles. The number of allylic oxidation sites excluding steroid dienone is 1. The van der Waals surface area contributed by atoms with Gasteiger partial charge in [-0.2, -0.15) is 0 Å². The maximum absolute atomic E-state index is 5.69. The van der Waals surface area contributed by atoms with Gasteiger partial charge in [0.25, 0.3) is 0 Å². The van der Waals surface area contributed by atoms with Crippen molar-refractivity contribution in [3.05, 3.63) is 41.5 Å². The molecule has 0 fully saturated rings. The molecular weight excluding hydrogens is 304 g/mol. The van der Waals surface area contributed by atoms with Crippen molar-refractivity contribution in [3.8, 4) is 5.75 Å². The number of alkyl halides is 1. The SMILES string of the molecule is C=C(C)C(C)(Br)c1ccc(C(C)(C)C)cc1O[SiH3]. The van der Waals surface area contributed by atoms with E-state index in [9.17, 15) is 0 Å². The third-order valence-electron chi connectivity index (χ3n) is 3.37. The highest BCUT2D eigenvalue weighted by molar-refractivity contribution is 9.09. The predicted octanol–water partition coefficient (Wildman–Crippen LogP) is 3.83. The Bertz CT molecular complexity index is 458. The van der Waals surface area contributed by atoms with Crippen LogP contribution in [0.5, 0.6) is 5.75 Å². The molecule has 0 amide bonds. The molecule has 0 heterocycles. The molecule has 0 radical (unpaired) electrons. The average Bonchev–Trinajstić information content (AvgIpc) is 2.26. The topological polar surface area (TPSA) is 9.23 Å². The van der Waals surface area contributed by atoms with Crippen molar-refractivity contribution >= 4 is 26.4 Å². The van der Waals surface area contributed by atoms with E-state index >= 15 is 0 Å². The molecule has 1 aromatic carbocycles. The molecule has 0 saturated carbocycles. The molecule has 0 aromatic heterocycles. The van der Waals surface area contributed by atoms with Crippen molar-refractivity contribution in [3.63, 3.8) is 0 Å². The van der Waals surface area contributed by atoms with E-state index in [1.165, 1.54) is 5.56 Å². The second-order valence-corrected chi connectivity index (χ2v) is 7.94. The van der Waals surface area contributed by atoms with Crippen LogP contribution in [0.1, 0.15) is 45.7 Å². The zero-order valence-electron chi connectivity index (χ0n) is 12.2. The molecule has 0 aliphatic heterocycles. The van der Waals surface area contributed by atoms with Crippen LogP contribution in [-0.2, 0) is 9.74 Å². The minimum absolute atomic E-state index is 0.138. The first-order valence-corrected chi connectivity index (χ1v) is 7.75. The molecular formula is C15H23BrOSi. The van der Waals surface area contributed by atoms with Gasteiger partial charge in [0, 0.05) is 5.56 Å². The molecule has 1 unspecified atom stereocenters. The van der Waals surface area contributed by atoms with Crippen LogP contribution < -0.4 is 4.43 Å². The first kappa shape index (κ1) is 15.5. The quantitative estimate of drug-likeness (QED) is 0.466. The highest BCUT2D eigenvalue weighted by atomic mass is 79.9. The lowest BCUT2D eigenvalue weighted by molar-refractivity contribution is 0.566. The Morgan fingerprint density at radius 3 is 2.22 bits per heavy atom. The molecule has 0 aliphatic carbocycles. The summed E-state index contributed by atoms with van der Waals surface area (Å²) in [5, 5.41) is 0. The van der Waals surface area contributed by atoms with Gasteiger partial charge in [-0.25, -0.2) is 0 Å². The largest absolute Gasteiger partial charge is 0.553 e. The molecule has 100 valence electrons. The van der Waals surface area contributed by atoms with Crippen molar-refractivity contribution < 1.29 is 4.43 Å². The standard InChI is InChI=1S/C15H23BrOSi/c1-10(2)15(6,16)12-8-7-11(14(3,4)5)9-13(12)17-18/h7-9H,1H2,2-6,18H3. The first-order chi connectivity index (χ1) is 8.10. The molecule has 1 aromatic rings. The van der Waals surface area contributed by atoms with Gasteiger partial charge in [0.1, 0.15) is 5.75 Å². The monoisotopic (exact) mass is 326 g/mol. The smallest absolute Gasteiger partial charge is 0.204 e. The summed E-state index contributed by atoms with van der Waals surface area (Å²) in [6.45, 7) is 14.8. The van der Waals surface area contributed by atoms with E-state index in [0.717, 1.165) is 16.9 Å². The van der Waals surface area contributed by atoms with Gasteiger partial charge in [0.15, 0.2) is 0 Å². The summed E-state index contributed by atoms with van der Waals surface area (Å²) in [5.41, 5.74) is 3.66. The maximum atomic E-state index is 5.69. The molecule has 0 aliphatic rings. The van der Waals surface area contributed by atoms with Crippen molar-refractivity contribution in [2.75, 3.05) is 0 Å². The van der Waals surface area contributed by atoms with Crippen LogP contribution in [0.3, 0.4) is 0 Å². The molecule has 0 bridgehead atoms. The van der Waals surface area contributed by atoms with Crippen LogP contribution in [-0.4, -0.2) is 10.5 Å². The predicted molar refractivity (Wildman–Crippen MR) is 86.8 cm³/mol. The van der Waals surface area contributed by atoms with Gasteiger partial charge in [-0.3, -0.25) is 0 Å². The van der Waals surface area contributed by atoms with Crippen LogP contribution in [0.15, 0.2) is 30.4 Å². The van der Waals surface area contributed by atoms with E-state index in [-0.39, 0.29) is 9.74 Å². The lowest BCUT2D eigenvalue weighted by Gasteiger charge is -2.28. The lowest BCUT2D eigenvalue weighted by Crippen LogP contribution is -2.17. The molecule has 1 rings (SSSR count). The van der Waals surface area contributed by atoms with E-state index in [1.54, 1.807) is 0 Å². The summed E-state index contributed by atoms with van der Waals surface area (Å²) >= 11 is 3.76. The third-order valence-corrected chi connectivity index (χ3v) is 4.92. The van der Waals surface area contributed by atoms with Crippen LogP contribution in [0.2, 0.25) is 0 Å². The fourth-order valence-corrected chi connectivity index (χ4v) is 2.44. The maximum Gasteiger partial charge on any atom is 0.204 e. The summed E-state index contributed by atoms with van der Waals surface area (Å²) in [7, 11) is 0.689. The zero-order chi connectivity index (χ0) is 14.1. The third kappa shape index (κ3) is 3.07. The highest BCUT2D eigenvalue weighted by Crippen LogP contribution is 2.43. The first-order valence-electron chi connectivity index (χ1n) is 6.14. The van der Waals surface area contributed by atoms with Crippen molar-refractivity contribution in [1.82, 2.24) is 0 Å². The van der Waals surface area contributed by atoms with Crippen molar-refractivity contribution in [2.24, 2.45) is 0 Å². The number of halogens is 1. The Morgan fingerprint density at radius 1 is 1.28 bits per heavy atom. The second-order valence-electron chi connectivity index (χ2n) is 5.95. The fraction of sp³-hybridized carbons (Fsp3) is 0.467. The molecule has 18 heavy (non-hydrogen) atoms. The molecule has 1 nitrogen and oxygen atoms in total. The van der Waals surface area contributed by atoms with Gasteiger partial charge in [-0.05, 0) is 30.9 Å². The molecule has 1 atom stereocenters. The number of hydrogen-bond acceptors (Lipinski definition) is 1. The Kier molecular flexibility index (Phi) is 4.50. The number of hydrogen-bond donors (Lipinski definition) is 0. The molecule has 0 spiro atoms. The summed E-state index contributed by atoms with van der Waals surface area (Å²) in [5.74, 6) is 0.969. The van der Waals surface area contributed by atoms with E-state index in [2.05, 4.69) is 68.4 Å². The molecule has 0 N–H and O–H groups in total. The van der Waals surface area contributed by atoms with Crippen LogP contribution in [0.25, 0.3) is 0 Å². The lowest BCUT2D eigenvalue weighted by atomic mass is 9.84. The van der Waals surface area contributed by atoms with Gasteiger partial charge < -0.3 is 4.43 Å². The summed E-state index contributed by atoms with van der Waals surface area (Å²) in [6.07, 6.45) is 0. The zero-order valence-corrected chi connectivity index (χ0v) is 15.8. The van der Waals surface area contributed by atoms with Gasteiger partial charge >= 0.3 is 0 Å². The Balaban J connectivity index is 3.37. The summed E-state index contributed by atoms with van der Waals surface area (Å²) in [4.78, 5) is 0. The fourth-order valence-electron chi connectivity index (χ4n) is 1.78. The van der Waals surface area contributed by atoms with Gasteiger partial charge in [-0.15, -0.1) is 0 Å². The van der Waals surface area contributed by atoms with E-state index in [4.69, 9.17) is 4.43 Å². The van der Waals surface area contributed by atoms with Crippen LogP contribution in [0, 0.1) is 0 Å². The minimum atomic E-state index is -0.233. The van der Waals surface area contributed by atoms with E-state index in [1.807, 2.05) is 6.92 Å². The Hall–Kier alpha value is -0.543. The number of benzene rings is 1. The highest BCUT2D eigenvalue weighted by Gasteiger charge is 2.28. The van der Waals surface area contributed by atoms with Crippen LogP contribution >= 0.6 is 15.9 Å². The second kappa shape index (κ2) is 5.22. The van der Waals surface area contributed by atoms with Gasteiger partial charge in [0.05, 0.1) is 4.32 Å². The number of rotatable bonds is 3. The summed E-state index contributed by atoms with van der Waals surface area (Å²) < 4.78 is 5.45. The minimum Gasteiger partial charge on any atom is -0.553 e. The van der Waals surface area contributed by atoms with E-state index < -0.39 is 0 Å².